The number of sulfonamides is 1. The molecular weight excluding hydrogens is 673 g/mol. The zero-order valence-electron chi connectivity index (χ0n) is 31.6. The van der Waals surface area contributed by atoms with Crippen molar-refractivity contribution in [2.45, 2.75) is 129 Å². The Labute approximate surface area is 304 Å². The van der Waals surface area contributed by atoms with E-state index >= 15 is 0 Å². The first-order chi connectivity index (χ1) is 23.9. The molecule has 4 aliphatic rings. The first kappa shape index (κ1) is 40.8. The van der Waals surface area contributed by atoms with Gasteiger partial charge in [-0.1, -0.05) is 65.9 Å². The predicted octanol–water partition coefficient (Wildman–Crippen LogP) is 3.10. The second kappa shape index (κ2) is 16.8. The number of rotatable bonds is 16. The lowest BCUT2D eigenvalue weighted by Crippen LogP contribution is -2.61. The minimum absolute atomic E-state index is 0.0567. The molecule has 0 aromatic rings. The van der Waals surface area contributed by atoms with Crippen molar-refractivity contribution in [2.24, 2.45) is 28.6 Å². The molecule has 51 heavy (non-hydrogen) atoms. The van der Waals surface area contributed by atoms with E-state index in [9.17, 15) is 32.4 Å². The summed E-state index contributed by atoms with van der Waals surface area (Å²) < 4.78 is 25.6. The molecule has 3 aliphatic carbocycles. The van der Waals surface area contributed by atoms with Crippen LogP contribution in [0.2, 0.25) is 0 Å². The lowest BCUT2D eigenvalue weighted by atomic mass is 9.83. The van der Waals surface area contributed by atoms with Gasteiger partial charge >= 0.3 is 6.03 Å². The van der Waals surface area contributed by atoms with Crippen LogP contribution in [-0.4, -0.2) is 104 Å². The monoisotopic (exact) mass is 734 g/mol. The lowest BCUT2D eigenvalue weighted by molar-refractivity contribution is -0.144. The minimum Gasteiger partial charge on any atom is -0.346 e. The smallest absolute Gasteiger partial charge is 0.315 e. The fraction of sp³-hybridized carbons (Fsp3) is 0.811. The van der Waals surface area contributed by atoms with Gasteiger partial charge in [0.15, 0.2) is 0 Å². The maximum Gasteiger partial charge on any atom is 0.315 e. The van der Waals surface area contributed by atoms with Gasteiger partial charge < -0.3 is 26.2 Å². The van der Waals surface area contributed by atoms with Crippen molar-refractivity contribution in [3.05, 3.63) is 12.7 Å². The fourth-order valence-corrected chi connectivity index (χ4v) is 8.96. The van der Waals surface area contributed by atoms with Gasteiger partial charge in [0.05, 0.1) is 12.3 Å². The highest BCUT2D eigenvalue weighted by Crippen LogP contribution is 2.66. The number of urea groups is 1. The third-order valence-electron chi connectivity index (χ3n) is 12.0. The number of unbranched alkanes of at least 4 members (excludes halogenated alkanes) is 1. The predicted molar refractivity (Wildman–Crippen MR) is 196 cm³/mol. The number of carbonyl (C=O) groups excluding carboxylic acids is 5. The summed E-state index contributed by atoms with van der Waals surface area (Å²) in [5.41, 5.74) is -0.375. The van der Waals surface area contributed by atoms with Gasteiger partial charge in [-0.3, -0.25) is 19.2 Å². The Morgan fingerprint density at radius 2 is 1.67 bits per heavy atom. The van der Waals surface area contributed by atoms with Crippen molar-refractivity contribution in [2.75, 3.05) is 32.9 Å². The summed E-state index contributed by atoms with van der Waals surface area (Å²) in [6.45, 7) is 11.9. The maximum absolute atomic E-state index is 14.8. The lowest BCUT2D eigenvalue weighted by Gasteiger charge is -2.37. The average molecular weight is 735 g/mol. The van der Waals surface area contributed by atoms with E-state index in [1.165, 1.54) is 17.4 Å². The van der Waals surface area contributed by atoms with E-state index in [1.807, 2.05) is 27.7 Å². The Morgan fingerprint density at radius 1 is 1.00 bits per heavy atom. The Morgan fingerprint density at radius 3 is 2.24 bits per heavy atom. The standard InChI is InChI=1S/C37H62N6O7S/c1-8-10-16-27(31(44)33(46)38-21-9-2)39-32(45)30-25-17-18-37(19-20-37)26(25)22-43(30)34(47)29(24-14-12-11-13-15-24)41-35(48)40-28(36(3,4)5)23-42(6)51(7,49)50/h9,24-30H,2,8,10-23H2,1,3-7H3,(H,38,46)(H,39,45)(H2,40,41,48)/t25-,26-,27?,28+,29-,30-/m0/s1. The Kier molecular flexibility index (Phi) is 13.4. The number of likely N-dealkylation sites (N-methyl/N-ethyl adjacent to an activating group) is 1. The van der Waals surface area contributed by atoms with E-state index in [0.717, 1.165) is 70.5 Å². The molecule has 13 nitrogen and oxygen atoms in total. The molecule has 4 rings (SSSR count). The molecule has 1 aliphatic heterocycles. The van der Waals surface area contributed by atoms with Gasteiger partial charge in [-0.25, -0.2) is 17.5 Å². The molecule has 4 fully saturated rings. The number of likely N-dealkylation sites (tertiary alicyclic amines) is 1. The highest BCUT2D eigenvalue weighted by Gasteiger charge is 2.64. The quantitative estimate of drug-likeness (QED) is 0.139. The zero-order valence-corrected chi connectivity index (χ0v) is 32.4. The molecule has 1 spiro atoms. The van der Waals surface area contributed by atoms with Gasteiger partial charge in [0.2, 0.25) is 27.6 Å². The number of fused-ring (bicyclic) bond motifs is 2. The maximum atomic E-state index is 14.8. The number of carbonyl (C=O) groups is 5. The van der Waals surface area contributed by atoms with Crippen LogP contribution in [0.3, 0.4) is 0 Å². The number of nitrogens with one attached hydrogen (secondary N) is 4. The van der Waals surface area contributed by atoms with Crippen LogP contribution < -0.4 is 21.3 Å². The summed E-state index contributed by atoms with van der Waals surface area (Å²) in [5.74, 6) is -2.29. The molecule has 14 heteroatoms. The number of ketones is 1. The third-order valence-corrected chi connectivity index (χ3v) is 13.3. The molecule has 1 heterocycles. The first-order valence-electron chi connectivity index (χ1n) is 19.0. The summed E-state index contributed by atoms with van der Waals surface area (Å²) in [7, 11) is -2.03. The number of amides is 5. The Bertz CT molecular complexity index is 1420. The number of Topliss-reactive ketones (excluding diaryl/α,β-unsaturated/α-hetero) is 1. The van der Waals surface area contributed by atoms with E-state index in [-0.39, 0.29) is 42.2 Å². The van der Waals surface area contributed by atoms with Gasteiger partial charge in [0.25, 0.3) is 5.91 Å². The second-order valence-electron chi connectivity index (χ2n) is 16.6. The van der Waals surface area contributed by atoms with Gasteiger partial charge in [-0.05, 0) is 73.5 Å². The van der Waals surface area contributed by atoms with E-state index in [2.05, 4.69) is 27.8 Å². The fourth-order valence-electron chi connectivity index (χ4n) is 8.54. The van der Waals surface area contributed by atoms with Crippen molar-refractivity contribution in [1.82, 2.24) is 30.5 Å². The van der Waals surface area contributed by atoms with Crippen LogP contribution in [0, 0.1) is 28.6 Å². The summed E-state index contributed by atoms with van der Waals surface area (Å²) in [6, 6.07) is -3.84. The minimum atomic E-state index is -3.50. The third kappa shape index (κ3) is 9.91. The van der Waals surface area contributed by atoms with Crippen molar-refractivity contribution in [3.8, 4) is 0 Å². The molecule has 288 valence electrons. The average Bonchev–Trinajstić information content (AvgIpc) is 3.64. The highest BCUT2D eigenvalue weighted by molar-refractivity contribution is 7.88. The molecule has 0 radical (unpaired) electrons. The van der Waals surface area contributed by atoms with Gasteiger partial charge in [0.1, 0.15) is 12.1 Å². The normalized spacial score (nSPS) is 24.7. The Balaban J connectivity index is 1.60. The molecule has 1 unspecified atom stereocenters. The topological polar surface area (TPSA) is 174 Å². The van der Waals surface area contributed by atoms with E-state index in [1.54, 1.807) is 4.90 Å². The van der Waals surface area contributed by atoms with Crippen LogP contribution in [-0.2, 0) is 29.2 Å². The van der Waals surface area contributed by atoms with E-state index < -0.39 is 63.2 Å². The summed E-state index contributed by atoms with van der Waals surface area (Å²) in [5, 5.41) is 11.4. The summed E-state index contributed by atoms with van der Waals surface area (Å²) in [4.78, 5) is 70.5. The van der Waals surface area contributed by atoms with Crippen LogP contribution in [0.5, 0.6) is 0 Å². The molecule has 0 aromatic heterocycles. The van der Waals surface area contributed by atoms with Crippen LogP contribution in [0.25, 0.3) is 0 Å². The van der Waals surface area contributed by atoms with Crippen LogP contribution >= 0.6 is 0 Å². The second-order valence-corrected chi connectivity index (χ2v) is 18.7. The number of nitrogens with zero attached hydrogens (tertiary/aromatic N) is 2. The zero-order chi connectivity index (χ0) is 37.7. The molecule has 1 saturated heterocycles. The molecule has 6 atom stereocenters. The van der Waals surface area contributed by atoms with Gasteiger partial charge in [-0.2, -0.15) is 0 Å². The molecule has 4 N–H and O–H groups in total. The van der Waals surface area contributed by atoms with Crippen molar-refractivity contribution < 1.29 is 32.4 Å². The number of hydrogen-bond donors (Lipinski definition) is 4. The molecule has 3 saturated carbocycles. The van der Waals surface area contributed by atoms with Crippen molar-refractivity contribution in [3.63, 3.8) is 0 Å². The van der Waals surface area contributed by atoms with E-state index in [0.29, 0.717) is 19.4 Å². The summed E-state index contributed by atoms with van der Waals surface area (Å²) >= 11 is 0. The Hall–Kier alpha value is -3.00. The van der Waals surface area contributed by atoms with Gasteiger partial charge in [0, 0.05) is 32.7 Å². The van der Waals surface area contributed by atoms with Crippen molar-refractivity contribution >= 4 is 39.6 Å². The molecule has 0 bridgehead atoms. The van der Waals surface area contributed by atoms with Crippen LogP contribution in [0.15, 0.2) is 12.7 Å². The largest absolute Gasteiger partial charge is 0.346 e. The highest BCUT2D eigenvalue weighted by atomic mass is 32.2. The van der Waals surface area contributed by atoms with Crippen LogP contribution in [0.4, 0.5) is 4.79 Å². The van der Waals surface area contributed by atoms with Crippen molar-refractivity contribution in [1.29, 1.82) is 0 Å². The first-order valence-corrected chi connectivity index (χ1v) is 20.8. The number of hydrogen-bond acceptors (Lipinski definition) is 7. The van der Waals surface area contributed by atoms with Gasteiger partial charge in [-0.15, -0.1) is 6.58 Å². The van der Waals surface area contributed by atoms with E-state index in [4.69, 9.17) is 0 Å². The van der Waals surface area contributed by atoms with Crippen LogP contribution in [0.1, 0.15) is 105 Å². The SMILES string of the molecule is C=CCNC(=O)C(=O)C(CCCC)NC(=O)[C@@H]1[C@H]2CCC3(CC3)[C@H]2CN1C(=O)[C@@H](NC(=O)N[C@H](CN(C)S(C)(=O)=O)C(C)(C)C)C1CCCCC1. The molecule has 0 aromatic carbocycles. The summed E-state index contributed by atoms with van der Waals surface area (Å²) in [6.07, 6.45) is 12.6. The molecular formula is C37H62N6O7S. The molecule has 5 amide bonds.